The van der Waals surface area contributed by atoms with Gasteiger partial charge in [0.15, 0.2) is 0 Å². The van der Waals surface area contributed by atoms with Gasteiger partial charge >= 0.3 is 16.5 Å². The van der Waals surface area contributed by atoms with Crippen molar-refractivity contribution in [2.24, 2.45) is 0 Å². The van der Waals surface area contributed by atoms with E-state index in [9.17, 15) is 0 Å². The van der Waals surface area contributed by atoms with E-state index in [4.69, 9.17) is 15.3 Å². The molecule has 0 spiro atoms. The summed E-state index contributed by atoms with van der Waals surface area (Å²) in [5, 5.41) is 18.9. The topological polar surface area (TPSA) is 53.5 Å². The number of nitrogens with zero attached hydrogens (tertiary/aromatic N) is 6. The monoisotopic (exact) mass is 851 g/mol. The Kier molecular flexibility index (Phi) is 14.9. The normalized spacial score (nSPS) is 10.5. The Bertz CT molecular complexity index is 2490. The first-order valence-electron chi connectivity index (χ1n) is 19.9. The summed E-state index contributed by atoms with van der Waals surface area (Å²) in [7, 11) is -0.842. The van der Waals surface area contributed by atoms with Crippen molar-refractivity contribution in [2.75, 3.05) is 0 Å². The fourth-order valence-corrected chi connectivity index (χ4v) is 9.02. The molecule has 0 bridgehead atoms. The minimum Gasteiger partial charge on any atom is -0.424 e. The molecule has 9 heteroatoms. The Balaban J connectivity index is 0.000000174. The van der Waals surface area contributed by atoms with Crippen LogP contribution >= 0.6 is 7.92 Å². The Morgan fingerprint density at radius 3 is 0.934 bits per heavy atom. The zero-order valence-electron chi connectivity index (χ0n) is 33.6. The minimum atomic E-state index is -0.446. The maximum Gasteiger partial charge on any atom is 2.00 e. The second kappa shape index (κ2) is 21.4. The van der Waals surface area contributed by atoms with Gasteiger partial charge in [0, 0.05) is 16.7 Å². The molecule has 1 radical (unpaired) electrons. The van der Waals surface area contributed by atoms with Gasteiger partial charge in [0.2, 0.25) is 0 Å². The molecule has 61 heavy (non-hydrogen) atoms. The smallest absolute Gasteiger partial charge is 0.424 e. The van der Waals surface area contributed by atoms with E-state index in [-0.39, 0.29) is 16.5 Å². The Morgan fingerprint density at radius 1 is 0.377 bits per heavy atom. The van der Waals surface area contributed by atoms with Gasteiger partial charge in [-0.2, -0.15) is 35.9 Å². The van der Waals surface area contributed by atoms with E-state index >= 15 is 0 Å². The van der Waals surface area contributed by atoms with Gasteiger partial charge in [-0.25, -0.2) is 15.3 Å². The van der Waals surface area contributed by atoms with Crippen molar-refractivity contribution in [3.8, 4) is 33.8 Å². The van der Waals surface area contributed by atoms with E-state index in [1.165, 1.54) is 21.5 Å². The largest absolute Gasteiger partial charge is 2.00 e. The van der Waals surface area contributed by atoms with Gasteiger partial charge < -0.3 is 13.8 Å². The molecule has 0 saturated carbocycles. The molecule has 299 valence electrons. The summed E-state index contributed by atoms with van der Waals surface area (Å²) in [6.45, 7) is 2.03. The summed E-state index contributed by atoms with van der Waals surface area (Å²) in [5.41, 5.74) is 7.09. The molecule has 10 aromatic rings. The van der Waals surface area contributed by atoms with Crippen LogP contribution in [0.3, 0.4) is 0 Å². The van der Waals surface area contributed by atoms with Crippen LogP contribution in [0, 0.1) is 13.0 Å². The minimum absolute atomic E-state index is 0. The predicted molar refractivity (Wildman–Crippen MR) is 250 cm³/mol. The van der Waals surface area contributed by atoms with E-state index in [0.29, 0.717) is 0 Å². The van der Waals surface area contributed by atoms with E-state index in [1.54, 1.807) is 0 Å². The maximum absolute atomic E-state index is 4.89. The summed E-state index contributed by atoms with van der Waals surface area (Å²) in [4.78, 5) is 0. The molecule has 7 aromatic carbocycles. The van der Waals surface area contributed by atoms with Crippen LogP contribution in [0.15, 0.2) is 243 Å². The molecule has 6 nitrogen and oxygen atoms in total. The van der Waals surface area contributed by atoms with Gasteiger partial charge in [-0.3, -0.25) is 0 Å². The number of rotatable bonds is 9. The zero-order chi connectivity index (χ0) is 40.8. The van der Waals surface area contributed by atoms with E-state index in [2.05, 4.69) is 133 Å². The number of hydrogen-bond donors (Lipinski definition) is 0. The van der Waals surface area contributed by atoms with Crippen LogP contribution < -0.4 is 15.9 Å². The van der Waals surface area contributed by atoms with Crippen molar-refractivity contribution < 1.29 is 16.5 Å². The third kappa shape index (κ3) is 11.1. The molecule has 0 N–H and O–H groups in total. The SMILES string of the molecule is Cc1[c-]cccc1.[Ni+2].c1ccc(-c2ccn([B-](n3ccc(-c4ccccc4)n3)n3ccc(-c4ccccc4)n3)n2)cc1.c1ccc(P(c2ccccc2)c2ccccc2)cc1. The van der Waals surface area contributed by atoms with Crippen LogP contribution in [0.25, 0.3) is 33.8 Å². The molecule has 0 aliphatic rings. The molecule has 3 heterocycles. The third-order valence-corrected chi connectivity index (χ3v) is 12.1. The molecule has 0 amide bonds. The maximum atomic E-state index is 4.89. The fourth-order valence-electron chi connectivity index (χ4n) is 6.71. The fraction of sp³-hybridized carbons (Fsp3) is 0.0192. The predicted octanol–water partition coefficient (Wildman–Crippen LogP) is 10.4. The first-order chi connectivity index (χ1) is 29.7. The number of hydrogen-bond acceptors (Lipinski definition) is 3. The first-order valence-corrected chi connectivity index (χ1v) is 21.2. The van der Waals surface area contributed by atoms with Crippen LogP contribution in [0.1, 0.15) is 5.56 Å². The number of benzene rings is 7. The van der Waals surface area contributed by atoms with Crippen molar-refractivity contribution >= 4 is 31.0 Å². The van der Waals surface area contributed by atoms with Crippen molar-refractivity contribution in [3.05, 3.63) is 255 Å². The number of aromatic nitrogens is 6. The van der Waals surface area contributed by atoms with Gasteiger partial charge in [-0.1, -0.05) is 189 Å². The van der Waals surface area contributed by atoms with E-state index in [0.717, 1.165) is 33.8 Å². The van der Waals surface area contributed by atoms with Gasteiger partial charge in [0.25, 0.3) is 7.12 Å². The molecule has 0 aliphatic heterocycles. The van der Waals surface area contributed by atoms with Crippen LogP contribution in [-0.4, -0.2) is 36.2 Å². The molecule has 0 saturated heterocycles. The van der Waals surface area contributed by atoms with Crippen molar-refractivity contribution in [2.45, 2.75) is 6.92 Å². The second-order valence-corrected chi connectivity index (χ2v) is 16.1. The van der Waals surface area contributed by atoms with Crippen LogP contribution in [0.4, 0.5) is 0 Å². The second-order valence-electron chi connectivity index (χ2n) is 13.9. The van der Waals surface area contributed by atoms with Crippen LogP contribution in [0.5, 0.6) is 0 Å². The molecule has 0 fully saturated rings. The Morgan fingerprint density at radius 2 is 0.672 bits per heavy atom. The van der Waals surface area contributed by atoms with Gasteiger partial charge in [-0.05, 0) is 60.6 Å². The van der Waals surface area contributed by atoms with Crippen molar-refractivity contribution in [1.29, 1.82) is 0 Å². The van der Waals surface area contributed by atoms with E-state index in [1.807, 2.05) is 136 Å². The third-order valence-electron chi connectivity index (χ3n) is 9.65. The quantitative estimate of drug-likeness (QED) is 0.0826. The standard InChI is InChI=1S/C27H21BN6.C18H15P.C7H7.Ni/c1-4-10-22(11-5-1)25-16-19-32(29-25)28(33-20-17-26(30-33)23-12-6-2-7-13-23)34-21-18-27(31-34)24-14-8-3-9-15-24;1-4-10-16(11-5-1)19(17-12-6-2-7-13-17)18-14-8-3-9-15-18;1-7-5-3-2-4-6-7;/h1-21H;1-15H;2-5H,1H3;/q-1;;-1;+2. The van der Waals surface area contributed by atoms with Crippen LogP contribution in [0.2, 0.25) is 0 Å². The Hall–Kier alpha value is -6.84. The van der Waals surface area contributed by atoms with Gasteiger partial charge in [-0.15, -0.1) is 0 Å². The zero-order valence-corrected chi connectivity index (χ0v) is 35.5. The van der Waals surface area contributed by atoms with Crippen molar-refractivity contribution in [1.82, 2.24) is 29.1 Å². The molecule has 0 atom stereocenters. The summed E-state index contributed by atoms with van der Waals surface area (Å²) >= 11 is 0. The molecule has 3 aromatic heterocycles. The average Bonchev–Trinajstić information content (AvgIpc) is 4.13. The molecule has 0 unspecified atom stereocenters. The number of aryl methyl sites for hydroxylation is 1. The molecule has 0 aliphatic carbocycles. The Labute approximate surface area is 370 Å². The van der Waals surface area contributed by atoms with E-state index < -0.39 is 15.0 Å². The van der Waals surface area contributed by atoms with Gasteiger partial charge in [0.05, 0.1) is 17.1 Å². The summed E-state index contributed by atoms with van der Waals surface area (Å²) < 4.78 is 5.68. The van der Waals surface area contributed by atoms with Crippen molar-refractivity contribution in [3.63, 3.8) is 0 Å². The summed E-state index contributed by atoms with van der Waals surface area (Å²) in [6, 6.07) is 79.8. The van der Waals surface area contributed by atoms with Crippen LogP contribution in [-0.2, 0) is 16.5 Å². The molecular formula is C52H43BN6NiP. The average molecular weight is 852 g/mol. The summed E-state index contributed by atoms with van der Waals surface area (Å²) in [6.07, 6.45) is 5.92. The van der Waals surface area contributed by atoms with Gasteiger partial charge in [0.1, 0.15) is 0 Å². The molecule has 10 rings (SSSR count). The summed E-state index contributed by atoms with van der Waals surface area (Å²) in [5.74, 6) is 0. The molecular weight excluding hydrogens is 809 g/mol. The first kappa shape index (κ1) is 42.3.